The van der Waals surface area contributed by atoms with Crippen LogP contribution in [0.15, 0.2) is 0 Å². The second-order valence-corrected chi connectivity index (χ2v) is 5.28. The molecule has 1 fully saturated rings. The number of halogens is 2. The minimum Gasteiger partial charge on any atom is -0.296 e. The van der Waals surface area contributed by atoms with E-state index in [0.717, 1.165) is 49.0 Å². The molecule has 3 nitrogen and oxygen atoms in total. The molecular weight excluding hydrogens is 245 g/mol. The van der Waals surface area contributed by atoms with Gasteiger partial charge in [0.25, 0.3) is 0 Å². The lowest BCUT2D eigenvalue weighted by molar-refractivity contribution is 0.319. The van der Waals surface area contributed by atoms with Gasteiger partial charge in [-0.05, 0) is 20.3 Å². The van der Waals surface area contributed by atoms with Crippen molar-refractivity contribution in [1.82, 2.24) is 14.7 Å². The van der Waals surface area contributed by atoms with Crippen LogP contribution >= 0.6 is 23.2 Å². The number of alkyl halides is 1. The van der Waals surface area contributed by atoms with Gasteiger partial charge in [-0.25, -0.2) is 0 Å². The van der Waals surface area contributed by atoms with E-state index in [-0.39, 0.29) is 5.38 Å². The summed E-state index contributed by atoms with van der Waals surface area (Å²) in [5, 5.41) is 5.51. The maximum atomic E-state index is 6.26. The van der Waals surface area contributed by atoms with Crippen LogP contribution in [0.4, 0.5) is 0 Å². The Balaban J connectivity index is 2.14. The van der Waals surface area contributed by atoms with Gasteiger partial charge in [-0.15, -0.1) is 11.6 Å². The van der Waals surface area contributed by atoms with Crippen LogP contribution in [0.3, 0.4) is 0 Å². The van der Waals surface area contributed by atoms with Crippen molar-refractivity contribution in [2.75, 3.05) is 13.1 Å². The van der Waals surface area contributed by atoms with E-state index in [1.807, 2.05) is 11.6 Å². The zero-order chi connectivity index (χ0) is 11.7. The minimum atomic E-state index is 0.290. The van der Waals surface area contributed by atoms with Gasteiger partial charge in [0.05, 0.1) is 16.4 Å². The first-order chi connectivity index (χ1) is 7.61. The third kappa shape index (κ3) is 2.36. The zero-order valence-corrected chi connectivity index (χ0v) is 11.2. The van der Waals surface area contributed by atoms with Crippen molar-refractivity contribution in [2.24, 2.45) is 0 Å². The van der Waals surface area contributed by atoms with Crippen molar-refractivity contribution in [3.8, 4) is 0 Å². The maximum absolute atomic E-state index is 6.26. The van der Waals surface area contributed by atoms with E-state index < -0.39 is 0 Å². The maximum Gasteiger partial charge on any atom is 0.0860 e. The Kier molecular flexibility index (Phi) is 3.77. The van der Waals surface area contributed by atoms with Gasteiger partial charge in [-0.3, -0.25) is 9.58 Å². The molecule has 1 unspecified atom stereocenters. The number of hydrogen-bond donors (Lipinski definition) is 0. The second-order valence-electron chi connectivity index (χ2n) is 4.28. The van der Waals surface area contributed by atoms with E-state index in [2.05, 4.69) is 16.9 Å². The van der Waals surface area contributed by atoms with E-state index in [4.69, 9.17) is 23.2 Å². The van der Waals surface area contributed by atoms with Crippen molar-refractivity contribution in [3.05, 3.63) is 16.4 Å². The van der Waals surface area contributed by atoms with Gasteiger partial charge in [0, 0.05) is 31.6 Å². The Morgan fingerprint density at radius 1 is 1.50 bits per heavy atom. The van der Waals surface area contributed by atoms with Gasteiger partial charge in [-0.2, -0.15) is 5.10 Å². The van der Waals surface area contributed by atoms with Crippen LogP contribution in [0.5, 0.6) is 0 Å². The van der Waals surface area contributed by atoms with Crippen LogP contribution in [0.25, 0.3) is 0 Å². The van der Waals surface area contributed by atoms with Gasteiger partial charge in [0.2, 0.25) is 0 Å². The van der Waals surface area contributed by atoms with Gasteiger partial charge in [0.1, 0.15) is 0 Å². The topological polar surface area (TPSA) is 21.1 Å². The summed E-state index contributed by atoms with van der Waals surface area (Å²) in [6.45, 7) is 7.76. The number of aromatic nitrogens is 2. The molecule has 2 heterocycles. The first-order valence-electron chi connectivity index (χ1n) is 5.70. The average molecular weight is 262 g/mol. The van der Waals surface area contributed by atoms with Crippen LogP contribution < -0.4 is 0 Å². The lowest BCUT2D eigenvalue weighted by Crippen LogP contribution is -2.22. The first-order valence-corrected chi connectivity index (χ1v) is 6.51. The van der Waals surface area contributed by atoms with Gasteiger partial charge in [0.15, 0.2) is 0 Å². The summed E-state index contributed by atoms with van der Waals surface area (Å²) < 4.78 is 1.99. The van der Waals surface area contributed by atoms with Crippen molar-refractivity contribution in [2.45, 2.75) is 38.7 Å². The van der Waals surface area contributed by atoms with Crippen molar-refractivity contribution >= 4 is 23.2 Å². The van der Waals surface area contributed by atoms with E-state index in [9.17, 15) is 0 Å². The highest BCUT2D eigenvalue weighted by Crippen LogP contribution is 2.24. The molecule has 5 heteroatoms. The molecule has 0 bridgehead atoms. The number of nitrogens with zero attached hydrogens (tertiary/aromatic N) is 3. The molecule has 1 aliphatic rings. The molecule has 1 saturated heterocycles. The summed E-state index contributed by atoms with van der Waals surface area (Å²) >= 11 is 12.4. The summed E-state index contributed by atoms with van der Waals surface area (Å²) in [6.07, 6.45) is 1.07. The smallest absolute Gasteiger partial charge is 0.0860 e. The van der Waals surface area contributed by atoms with E-state index in [1.165, 1.54) is 0 Å². The number of aryl methyl sites for hydroxylation is 2. The van der Waals surface area contributed by atoms with Crippen LogP contribution in [-0.2, 0) is 13.1 Å². The average Bonchev–Trinajstić information content (AvgIpc) is 2.77. The molecule has 1 aromatic rings. The standard InChI is InChI=1S/C11H17Cl2N3/c1-3-16-10(11(13)8(2)14-16)7-15-5-4-9(12)6-15/h9H,3-7H2,1-2H3. The van der Waals surface area contributed by atoms with Crippen LogP contribution in [0.1, 0.15) is 24.7 Å². The highest BCUT2D eigenvalue weighted by atomic mass is 35.5. The molecule has 0 aliphatic carbocycles. The van der Waals surface area contributed by atoms with E-state index >= 15 is 0 Å². The van der Waals surface area contributed by atoms with Crippen molar-refractivity contribution < 1.29 is 0 Å². The summed E-state index contributed by atoms with van der Waals surface area (Å²) in [5.41, 5.74) is 2.03. The quantitative estimate of drug-likeness (QED) is 0.781. The highest BCUT2D eigenvalue weighted by molar-refractivity contribution is 6.31. The molecule has 0 N–H and O–H groups in total. The molecular formula is C11H17Cl2N3. The fourth-order valence-electron chi connectivity index (χ4n) is 2.16. The second kappa shape index (κ2) is 4.94. The summed E-state index contributed by atoms with van der Waals surface area (Å²) in [6, 6.07) is 0. The van der Waals surface area contributed by atoms with Gasteiger partial charge in [-0.1, -0.05) is 11.6 Å². The Morgan fingerprint density at radius 3 is 2.81 bits per heavy atom. The fraction of sp³-hybridized carbons (Fsp3) is 0.727. The molecule has 16 heavy (non-hydrogen) atoms. The molecule has 2 rings (SSSR count). The lowest BCUT2D eigenvalue weighted by Gasteiger charge is -2.15. The molecule has 90 valence electrons. The van der Waals surface area contributed by atoms with Crippen molar-refractivity contribution in [1.29, 1.82) is 0 Å². The summed E-state index contributed by atoms with van der Waals surface area (Å²) in [5.74, 6) is 0. The summed E-state index contributed by atoms with van der Waals surface area (Å²) in [7, 11) is 0. The molecule has 1 aliphatic heterocycles. The van der Waals surface area contributed by atoms with Gasteiger partial charge >= 0.3 is 0 Å². The number of hydrogen-bond acceptors (Lipinski definition) is 2. The predicted octanol–water partition coefficient (Wildman–Crippen LogP) is 2.68. The molecule has 0 radical (unpaired) electrons. The van der Waals surface area contributed by atoms with Crippen molar-refractivity contribution in [3.63, 3.8) is 0 Å². The zero-order valence-electron chi connectivity index (χ0n) is 9.71. The summed E-state index contributed by atoms with van der Waals surface area (Å²) in [4.78, 5) is 2.34. The minimum absolute atomic E-state index is 0.290. The van der Waals surface area contributed by atoms with E-state index in [1.54, 1.807) is 0 Å². The molecule has 1 aromatic heterocycles. The third-order valence-electron chi connectivity index (χ3n) is 3.04. The van der Waals surface area contributed by atoms with Crippen LogP contribution in [-0.4, -0.2) is 33.1 Å². The van der Waals surface area contributed by atoms with E-state index in [0.29, 0.717) is 0 Å². The third-order valence-corrected chi connectivity index (χ3v) is 3.89. The Labute approximate surface area is 106 Å². The van der Waals surface area contributed by atoms with Gasteiger partial charge < -0.3 is 0 Å². The molecule has 0 spiro atoms. The van der Waals surface area contributed by atoms with Crippen LogP contribution in [0.2, 0.25) is 5.02 Å². The molecule has 0 saturated carbocycles. The Bertz CT molecular complexity index is 376. The largest absolute Gasteiger partial charge is 0.296 e. The molecule has 1 atom stereocenters. The highest BCUT2D eigenvalue weighted by Gasteiger charge is 2.23. The first kappa shape index (κ1) is 12.2. The monoisotopic (exact) mass is 261 g/mol. The van der Waals surface area contributed by atoms with Crippen LogP contribution in [0, 0.1) is 6.92 Å². The predicted molar refractivity (Wildman–Crippen MR) is 67.2 cm³/mol. The normalized spacial score (nSPS) is 21.9. The number of likely N-dealkylation sites (tertiary alicyclic amines) is 1. The Hall–Kier alpha value is -0.250. The SMILES string of the molecule is CCn1nc(C)c(Cl)c1CN1CCC(Cl)C1. The lowest BCUT2D eigenvalue weighted by atomic mass is 10.3. The fourth-order valence-corrected chi connectivity index (χ4v) is 2.65. The molecule has 0 amide bonds. The molecule has 0 aromatic carbocycles. The number of rotatable bonds is 3. The Morgan fingerprint density at radius 2 is 2.25 bits per heavy atom.